The van der Waals surface area contributed by atoms with Crippen LogP contribution in [-0.2, 0) is 6.42 Å². The van der Waals surface area contributed by atoms with E-state index in [0.29, 0.717) is 23.3 Å². The minimum atomic E-state index is -1.62. The van der Waals surface area contributed by atoms with E-state index in [1.54, 1.807) is 6.07 Å². The summed E-state index contributed by atoms with van der Waals surface area (Å²) in [6.07, 6.45) is 1.45. The second-order valence-corrected chi connectivity index (χ2v) is 6.25. The molecule has 0 aliphatic carbocycles. The molecule has 120 valence electrons. The third-order valence-electron chi connectivity index (χ3n) is 3.53. The Kier molecular flexibility index (Phi) is 4.10. The minimum absolute atomic E-state index is 0.120. The van der Waals surface area contributed by atoms with Gasteiger partial charge in [-0.2, -0.15) is 0 Å². The maximum Gasteiger partial charge on any atom is 0.194 e. The van der Waals surface area contributed by atoms with E-state index in [1.165, 1.54) is 6.07 Å². The van der Waals surface area contributed by atoms with Crippen LogP contribution in [0.2, 0.25) is 0 Å². The molecule has 0 spiro atoms. The van der Waals surface area contributed by atoms with Gasteiger partial charge < -0.3 is 0 Å². The highest BCUT2D eigenvalue weighted by Crippen LogP contribution is 2.40. The second kappa shape index (κ2) is 5.92. The average Bonchev–Trinajstić information content (AvgIpc) is 2.82. The molecular weight excluding hydrogens is 331 g/mol. The number of thiophene rings is 1. The first-order valence-corrected chi connectivity index (χ1v) is 7.79. The van der Waals surface area contributed by atoms with Gasteiger partial charge in [-0.25, -0.2) is 22.0 Å². The molecule has 0 bridgehead atoms. The van der Waals surface area contributed by atoms with E-state index in [1.807, 2.05) is 6.92 Å². The first kappa shape index (κ1) is 15.9. The molecule has 0 atom stereocenters. The number of benzene rings is 2. The Morgan fingerprint density at radius 3 is 2.09 bits per heavy atom. The van der Waals surface area contributed by atoms with Crippen molar-refractivity contribution < 1.29 is 22.0 Å². The van der Waals surface area contributed by atoms with Crippen LogP contribution in [0.3, 0.4) is 0 Å². The fraction of sp³-hybridized carbons (Fsp3) is 0.176. The van der Waals surface area contributed by atoms with E-state index in [2.05, 4.69) is 0 Å². The highest BCUT2D eigenvalue weighted by molar-refractivity contribution is 7.22. The van der Waals surface area contributed by atoms with Gasteiger partial charge in [-0.05, 0) is 36.2 Å². The Balaban J connectivity index is 2.23. The number of hydrogen-bond donors (Lipinski definition) is 0. The van der Waals surface area contributed by atoms with E-state index < -0.39 is 29.1 Å². The Hall–Kier alpha value is -1.95. The van der Waals surface area contributed by atoms with Crippen molar-refractivity contribution in [2.75, 3.05) is 0 Å². The fourth-order valence-corrected chi connectivity index (χ4v) is 3.65. The molecule has 0 N–H and O–H groups in total. The molecule has 3 rings (SSSR count). The lowest BCUT2D eigenvalue weighted by Gasteiger charge is -2.01. The lowest BCUT2D eigenvalue weighted by atomic mass is 10.1. The van der Waals surface area contributed by atoms with Crippen LogP contribution in [0.15, 0.2) is 24.3 Å². The predicted molar refractivity (Wildman–Crippen MR) is 81.0 cm³/mol. The van der Waals surface area contributed by atoms with Crippen LogP contribution >= 0.6 is 11.3 Å². The summed E-state index contributed by atoms with van der Waals surface area (Å²) in [4.78, 5) is -0.120. The molecule has 0 amide bonds. The van der Waals surface area contributed by atoms with Crippen molar-refractivity contribution >= 4 is 21.4 Å². The molecule has 1 heterocycles. The first-order chi connectivity index (χ1) is 10.9. The van der Waals surface area contributed by atoms with E-state index in [0.717, 1.165) is 23.3 Å². The number of fused-ring (bicyclic) bond motifs is 1. The van der Waals surface area contributed by atoms with Gasteiger partial charge in [0.2, 0.25) is 0 Å². The van der Waals surface area contributed by atoms with Crippen LogP contribution in [0.5, 0.6) is 0 Å². The zero-order valence-corrected chi connectivity index (χ0v) is 12.8. The summed E-state index contributed by atoms with van der Waals surface area (Å²) < 4.78 is 68.7. The molecule has 0 nitrogen and oxygen atoms in total. The van der Waals surface area contributed by atoms with Crippen molar-refractivity contribution in [3.63, 3.8) is 0 Å². The van der Waals surface area contributed by atoms with Crippen molar-refractivity contribution in [2.24, 2.45) is 0 Å². The molecule has 0 saturated carbocycles. The molecule has 1 aromatic heterocycles. The van der Waals surface area contributed by atoms with E-state index in [4.69, 9.17) is 0 Å². The lowest BCUT2D eigenvalue weighted by Crippen LogP contribution is -1.92. The summed E-state index contributed by atoms with van der Waals surface area (Å²) in [6, 6.07) is 4.33. The number of hydrogen-bond acceptors (Lipinski definition) is 1. The zero-order chi connectivity index (χ0) is 16.7. The second-order valence-electron chi connectivity index (χ2n) is 5.20. The van der Waals surface area contributed by atoms with Gasteiger partial charge in [0.05, 0.1) is 10.3 Å². The van der Waals surface area contributed by atoms with Gasteiger partial charge in [-0.15, -0.1) is 11.3 Å². The van der Waals surface area contributed by atoms with Gasteiger partial charge in [0.25, 0.3) is 0 Å². The summed E-state index contributed by atoms with van der Waals surface area (Å²) in [5, 5.41) is -0.213. The van der Waals surface area contributed by atoms with Gasteiger partial charge in [0.1, 0.15) is 5.82 Å². The van der Waals surface area contributed by atoms with Gasteiger partial charge >= 0.3 is 0 Å². The van der Waals surface area contributed by atoms with Gasteiger partial charge in [-0.3, -0.25) is 0 Å². The van der Waals surface area contributed by atoms with Crippen molar-refractivity contribution in [2.45, 2.75) is 19.8 Å². The third kappa shape index (κ3) is 2.72. The summed E-state index contributed by atoms with van der Waals surface area (Å²) in [5.41, 5.74) is 0.568. The van der Waals surface area contributed by atoms with Crippen LogP contribution in [-0.4, -0.2) is 0 Å². The van der Waals surface area contributed by atoms with E-state index in [9.17, 15) is 22.0 Å². The molecule has 0 radical (unpaired) electrons. The standard InChI is InChI=1S/C17H11F5S/c1-2-3-8-4-10(18)14-13(5-8)23-17(16(14)22)9-6-11(19)15(21)12(20)7-9/h4-7H,2-3H2,1H3. The largest absolute Gasteiger partial charge is 0.206 e. The summed E-state index contributed by atoms with van der Waals surface area (Å²) >= 11 is 0.884. The highest BCUT2D eigenvalue weighted by atomic mass is 32.1. The fourth-order valence-electron chi connectivity index (χ4n) is 2.50. The topological polar surface area (TPSA) is 0 Å². The van der Waals surface area contributed by atoms with Crippen LogP contribution in [0.1, 0.15) is 18.9 Å². The van der Waals surface area contributed by atoms with Gasteiger partial charge in [0.15, 0.2) is 23.3 Å². The quantitative estimate of drug-likeness (QED) is 0.392. The van der Waals surface area contributed by atoms with Gasteiger partial charge in [-0.1, -0.05) is 13.3 Å². The third-order valence-corrected chi connectivity index (χ3v) is 4.69. The maximum atomic E-state index is 14.5. The monoisotopic (exact) mass is 342 g/mol. The molecule has 0 saturated heterocycles. The van der Waals surface area contributed by atoms with Crippen molar-refractivity contribution in [3.05, 3.63) is 58.9 Å². The Labute approximate surface area is 133 Å². The Morgan fingerprint density at radius 1 is 0.826 bits per heavy atom. The van der Waals surface area contributed by atoms with Crippen LogP contribution in [0.25, 0.3) is 20.5 Å². The molecule has 0 aliphatic heterocycles. The number of rotatable bonds is 3. The normalized spacial score (nSPS) is 11.4. The van der Waals surface area contributed by atoms with Gasteiger partial charge in [0, 0.05) is 10.3 Å². The maximum absolute atomic E-state index is 14.5. The molecule has 23 heavy (non-hydrogen) atoms. The molecule has 2 aromatic carbocycles. The summed E-state index contributed by atoms with van der Waals surface area (Å²) in [5.74, 6) is -6.05. The van der Waals surface area contributed by atoms with Crippen LogP contribution < -0.4 is 0 Å². The number of aryl methyl sites for hydroxylation is 1. The molecular formula is C17H11F5S. The Bertz CT molecular complexity index is 875. The molecule has 0 unspecified atom stereocenters. The molecule has 0 aliphatic rings. The van der Waals surface area contributed by atoms with Crippen molar-refractivity contribution in [3.8, 4) is 10.4 Å². The smallest absolute Gasteiger partial charge is 0.194 e. The first-order valence-electron chi connectivity index (χ1n) is 6.97. The van der Waals surface area contributed by atoms with Crippen molar-refractivity contribution in [1.29, 1.82) is 0 Å². The lowest BCUT2D eigenvalue weighted by molar-refractivity contribution is 0.447. The molecule has 6 heteroatoms. The predicted octanol–water partition coefficient (Wildman–Crippen LogP) is 6.22. The van der Waals surface area contributed by atoms with Crippen molar-refractivity contribution in [1.82, 2.24) is 0 Å². The number of halogens is 5. The summed E-state index contributed by atoms with van der Waals surface area (Å²) in [7, 11) is 0. The average molecular weight is 342 g/mol. The van der Waals surface area contributed by atoms with E-state index >= 15 is 0 Å². The van der Waals surface area contributed by atoms with Crippen LogP contribution in [0, 0.1) is 29.1 Å². The van der Waals surface area contributed by atoms with Crippen LogP contribution in [0.4, 0.5) is 22.0 Å². The molecule has 0 fully saturated rings. The SMILES string of the molecule is CCCc1cc(F)c2c(F)c(-c3cc(F)c(F)c(F)c3)sc2c1. The zero-order valence-electron chi connectivity index (χ0n) is 12.0. The molecule has 3 aromatic rings. The van der Waals surface area contributed by atoms with E-state index in [-0.39, 0.29) is 15.8 Å². The Morgan fingerprint density at radius 2 is 1.48 bits per heavy atom. The highest BCUT2D eigenvalue weighted by Gasteiger charge is 2.20. The summed E-state index contributed by atoms with van der Waals surface area (Å²) in [6.45, 7) is 1.94. The minimum Gasteiger partial charge on any atom is -0.206 e.